The van der Waals surface area contributed by atoms with Gasteiger partial charge in [-0.25, -0.2) is 4.79 Å². The summed E-state index contributed by atoms with van der Waals surface area (Å²) in [7, 11) is 0. The van der Waals surface area contributed by atoms with Crippen molar-refractivity contribution in [3.05, 3.63) is 71.8 Å². The molecule has 1 heterocycles. The van der Waals surface area contributed by atoms with Crippen LogP contribution in [0.4, 0.5) is 4.79 Å². The van der Waals surface area contributed by atoms with Crippen LogP contribution in [-0.4, -0.2) is 48.0 Å². The molecule has 1 fully saturated rings. The normalized spacial score (nSPS) is 14.1. The Morgan fingerprint density at radius 3 is 2.12 bits per heavy atom. The number of urea groups is 1. The predicted molar refractivity (Wildman–Crippen MR) is 103 cm³/mol. The standard InChI is InChI=1S/C20H22N2O3S/c23-18-15-21-20(24)22(18)11-13-26-14-12-25-19(16-7-3-1-4-8-16)17-9-5-2-6-10-17/h1-10,19H,11-15H2,(H,21,24). The quantitative estimate of drug-likeness (QED) is 0.544. The average molecular weight is 370 g/mol. The molecule has 5 nitrogen and oxygen atoms in total. The van der Waals surface area contributed by atoms with Gasteiger partial charge in [0.2, 0.25) is 5.91 Å². The van der Waals surface area contributed by atoms with E-state index in [1.165, 1.54) is 4.90 Å². The highest BCUT2D eigenvalue weighted by Gasteiger charge is 2.27. The number of thioether (sulfide) groups is 1. The van der Waals surface area contributed by atoms with Gasteiger partial charge in [0.25, 0.3) is 0 Å². The molecule has 0 saturated carbocycles. The van der Waals surface area contributed by atoms with E-state index in [0.29, 0.717) is 18.9 Å². The van der Waals surface area contributed by atoms with Crippen LogP contribution in [0.25, 0.3) is 0 Å². The predicted octanol–water partition coefficient (Wildman–Crippen LogP) is 3.08. The molecule has 1 aliphatic rings. The Morgan fingerprint density at radius 2 is 1.58 bits per heavy atom. The molecule has 3 amide bonds. The van der Waals surface area contributed by atoms with Gasteiger partial charge in [0.05, 0.1) is 13.2 Å². The van der Waals surface area contributed by atoms with Crippen molar-refractivity contribution >= 4 is 23.7 Å². The number of imide groups is 1. The van der Waals surface area contributed by atoms with Crippen molar-refractivity contribution < 1.29 is 14.3 Å². The number of carbonyl (C=O) groups excluding carboxylic acids is 2. The summed E-state index contributed by atoms with van der Waals surface area (Å²) in [4.78, 5) is 24.3. The number of hydrogen-bond acceptors (Lipinski definition) is 4. The van der Waals surface area contributed by atoms with E-state index in [2.05, 4.69) is 29.6 Å². The second-order valence-electron chi connectivity index (χ2n) is 5.89. The molecule has 3 rings (SSSR count). The lowest BCUT2D eigenvalue weighted by Gasteiger charge is -2.19. The average Bonchev–Trinajstić information content (AvgIpc) is 3.00. The van der Waals surface area contributed by atoms with E-state index in [-0.39, 0.29) is 24.6 Å². The maximum atomic E-state index is 11.5. The SMILES string of the molecule is O=C1CNC(=O)N1CCSCCOC(c1ccccc1)c1ccccc1. The molecule has 2 aromatic rings. The molecule has 0 radical (unpaired) electrons. The highest BCUT2D eigenvalue weighted by molar-refractivity contribution is 7.99. The molecular formula is C20H22N2O3S. The van der Waals surface area contributed by atoms with Gasteiger partial charge >= 0.3 is 6.03 Å². The summed E-state index contributed by atoms with van der Waals surface area (Å²) in [6.07, 6.45) is -0.0936. The van der Waals surface area contributed by atoms with Gasteiger partial charge in [-0.2, -0.15) is 11.8 Å². The van der Waals surface area contributed by atoms with Crippen molar-refractivity contribution in [1.82, 2.24) is 10.2 Å². The van der Waals surface area contributed by atoms with E-state index in [1.54, 1.807) is 11.8 Å². The number of hydrogen-bond donors (Lipinski definition) is 1. The minimum absolute atomic E-state index is 0.0936. The van der Waals surface area contributed by atoms with Crippen LogP contribution < -0.4 is 5.32 Å². The van der Waals surface area contributed by atoms with E-state index in [0.717, 1.165) is 16.9 Å². The summed E-state index contributed by atoms with van der Waals surface area (Å²) in [5.41, 5.74) is 2.26. The molecule has 0 aliphatic carbocycles. The Hall–Kier alpha value is -2.31. The molecular weight excluding hydrogens is 348 g/mol. The zero-order valence-electron chi connectivity index (χ0n) is 14.5. The zero-order valence-corrected chi connectivity index (χ0v) is 15.3. The van der Waals surface area contributed by atoms with Crippen molar-refractivity contribution in [2.45, 2.75) is 6.10 Å². The van der Waals surface area contributed by atoms with Crippen LogP contribution in [0.1, 0.15) is 17.2 Å². The molecule has 1 saturated heterocycles. The van der Waals surface area contributed by atoms with Crippen LogP contribution in [-0.2, 0) is 9.53 Å². The summed E-state index contributed by atoms with van der Waals surface area (Å²) < 4.78 is 6.15. The summed E-state index contributed by atoms with van der Waals surface area (Å²) in [6.45, 7) is 1.15. The van der Waals surface area contributed by atoms with Gasteiger partial charge in [-0.05, 0) is 11.1 Å². The molecule has 0 bridgehead atoms. The first kappa shape index (κ1) is 18.5. The van der Waals surface area contributed by atoms with E-state index in [9.17, 15) is 9.59 Å². The first-order valence-electron chi connectivity index (χ1n) is 8.63. The summed E-state index contributed by atoms with van der Waals surface area (Å²) in [5.74, 6) is 1.36. The minimum atomic E-state index is -0.292. The fourth-order valence-corrected chi connectivity index (χ4v) is 3.53. The molecule has 0 aromatic heterocycles. The number of amides is 3. The van der Waals surface area contributed by atoms with E-state index in [1.807, 2.05) is 36.4 Å². The van der Waals surface area contributed by atoms with Crippen LogP contribution >= 0.6 is 11.8 Å². The Bertz CT molecular complexity index is 669. The monoisotopic (exact) mass is 370 g/mol. The van der Waals surface area contributed by atoms with Crippen LogP contribution in [0, 0.1) is 0 Å². The van der Waals surface area contributed by atoms with Crippen molar-refractivity contribution in [3.8, 4) is 0 Å². The maximum absolute atomic E-state index is 11.5. The van der Waals surface area contributed by atoms with Gasteiger partial charge in [-0.15, -0.1) is 0 Å². The van der Waals surface area contributed by atoms with Crippen molar-refractivity contribution in [2.75, 3.05) is 31.2 Å². The molecule has 2 aromatic carbocycles. The molecule has 1 N–H and O–H groups in total. The van der Waals surface area contributed by atoms with Crippen molar-refractivity contribution in [1.29, 1.82) is 0 Å². The number of nitrogens with one attached hydrogen (secondary N) is 1. The second-order valence-corrected chi connectivity index (χ2v) is 7.11. The van der Waals surface area contributed by atoms with Crippen LogP contribution in [0.2, 0.25) is 0 Å². The fourth-order valence-electron chi connectivity index (χ4n) is 2.80. The molecule has 26 heavy (non-hydrogen) atoms. The summed E-state index contributed by atoms with van der Waals surface area (Å²) >= 11 is 1.68. The number of rotatable bonds is 9. The van der Waals surface area contributed by atoms with Gasteiger partial charge < -0.3 is 10.1 Å². The third-order valence-electron chi connectivity index (χ3n) is 4.11. The molecule has 0 spiro atoms. The number of benzene rings is 2. The first-order chi connectivity index (χ1) is 12.8. The molecule has 1 aliphatic heterocycles. The summed E-state index contributed by atoms with van der Waals surface area (Å²) in [6, 6.07) is 20.1. The number of nitrogens with zero attached hydrogens (tertiary/aromatic N) is 1. The third-order valence-corrected chi connectivity index (χ3v) is 5.04. The van der Waals surface area contributed by atoms with Crippen LogP contribution in [0.5, 0.6) is 0 Å². The molecule has 0 unspecified atom stereocenters. The maximum Gasteiger partial charge on any atom is 0.324 e. The lowest BCUT2D eigenvalue weighted by Crippen LogP contribution is -2.33. The second kappa shape index (κ2) is 9.40. The van der Waals surface area contributed by atoms with Gasteiger partial charge in [0.1, 0.15) is 6.10 Å². The van der Waals surface area contributed by atoms with E-state index >= 15 is 0 Å². The van der Waals surface area contributed by atoms with Gasteiger partial charge in [0.15, 0.2) is 0 Å². The Labute approximate surface area is 157 Å². The molecule has 136 valence electrons. The van der Waals surface area contributed by atoms with E-state index in [4.69, 9.17) is 4.74 Å². The summed E-state index contributed by atoms with van der Waals surface area (Å²) in [5, 5.41) is 2.53. The Morgan fingerprint density at radius 1 is 0.962 bits per heavy atom. The van der Waals surface area contributed by atoms with Crippen molar-refractivity contribution in [2.24, 2.45) is 0 Å². The fraction of sp³-hybridized carbons (Fsp3) is 0.300. The smallest absolute Gasteiger partial charge is 0.324 e. The lowest BCUT2D eigenvalue weighted by molar-refractivity contribution is -0.124. The van der Waals surface area contributed by atoms with Crippen LogP contribution in [0.15, 0.2) is 60.7 Å². The third kappa shape index (κ3) is 4.86. The van der Waals surface area contributed by atoms with E-state index < -0.39 is 0 Å². The number of carbonyl (C=O) groups is 2. The minimum Gasteiger partial charge on any atom is -0.368 e. The van der Waals surface area contributed by atoms with Crippen molar-refractivity contribution in [3.63, 3.8) is 0 Å². The Kier molecular flexibility index (Phi) is 6.68. The molecule has 0 atom stereocenters. The lowest BCUT2D eigenvalue weighted by atomic mass is 10.0. The Balaban J connectivity index is 1.46. The largest absolute Gasteiger partial charge is 0.368 e. The highest BCUT2D eigenvalue weighted by Crippen LogP contribution is 2.25. The highest BCUT2D eigenvalue weighted by atomic mass is 32.2. The zero-order chi connectivity index (χ0) is 18.2. The number of ether oxygens (including phenoxy) is 1. The van der Waals surface area contributed by atoms with Gasteiger partial charge in [-0.1, -0.05) is 60.7 Å². The first-order valence-corrected chi connectivity index (χ1v) is 9.78. The topological polar surface area (TPSA) is 58.6 Å². The van der Waals surface area contributed by atoms with Crippen LogP contribution in [0.3, 0.4) is 0 Å². The van der Waals surface area contributed by atoms with Gasteiger partial charge in [0, 0.05) is 18.1 Å². The molecule has 6 heteroatoms. The van der Waals surface area contributed by atoms with Gasteiger partial charge in [-0.3, -0.25) is 9.69 Å².